The molecule has 0 spiro atoms. The number of halogens is 3. The SMILES string of the molecule is CCNc1ccc2nc(C)nc(N[C@H](C)c3cc(N)cc(C(F)F)c3F)c2c1. The zero-order valence-corrected chi connectivity index (χ0v) is 15.9. The lowest BCUT2D eigenvalue weighted by atomic mass is 10.0. The highest BCUT2D eigenvalue weighted by atomic mass is 19.3. The van der Waals surface area contributed by atoms with Gasteiger partial charge in [0.05, 0.1) is 17.1 Å². The number of alkyl halides is 2. The van der Waals surface area contributed by atoms with E-state index in [-0.39, 0.29) is 11.3 Å². The van der Waals surface area contributed by atoms with Crippen LogP contribution in [0.2, 0.25) is 0 Å². The van der Waals surface area contributed by atoms with Gasteiger partial charge in [-0.25, -0.2) is 23.1 Å². The average Bonchev–Trinajstić information content (AvgIpc) is 2.63. The van der Waals surface area contributed by atoms with E-state index >= 15 is 0 Å². The van der Waals surface area contributed by atoms with Crippen molar-refractivity contribution in [2.24, 2.45) is 0 Å². The van der Waals surface area contributed by atoms with Gasteiger partial charge in [0.2, 0.25) is 0 Å². The molecule has 0 saturated carbocycles. The van der Waals surface area contributed by atoms with Crippen LogP contribution in [0.1, 0.15) is 43.3 Å². The van der Waals surface area contributed by atoms with E-state index in [0.717, 1.165) is 29.2 Å². The molecular formula is C20H22F3N5. The van der Waals surface area contributed by atoms with E-state index in [4.69, 9.17) is 5.73 Å². The summed E-state index contributed by atoms with van der Waals surface area (Å²) in [5, 5.41) is 7.09. The van der Waals surface area contributed by atoms with Gasteiger partial charge in [-0.1, -0.05) is 0 Å². The molecule has 1 aromatic heterocycles. The summed E-state index contributed by atoms with van der Waals surface area (Å²) in [7, 11) is 0. The Morgan fingerprint density at radius 1 is 1.11 bits per heavy atom. The van der Waals surface area contributed by atoms with Crippen LogP contribution in [0.3, 0.4) is 0 Å². The number of fused-ring (bicyclic) bond motifs is 1. The summed E-state index contributed by atoms with van der Waals surface area (Å²) in [6, 6.07) is 7.36. The largest absolute Gasteiger partial charge is 0.399 e. The second-order valence-corrected chi connectivity index (χ2v) is 6.56. The molecule has 1 heterocycles. The van der Waals surface area contributed by atoms with Crippen LogP contribution in [0.15, 0.2) is 30.3 Å². The van der Waals surface area contributed by atoms with Crippen LogP contribution >= 0.6 is 0 Å². The molecule has 0 aliphatic rings. The van der Waals surface area contributed by atoms with Gasteiger partial charge in [-0.3, -0.25) is 0 Å². The molecular weight excluding hydrogens is 367 g/mol. The van der Waals surface area contributed by atoms with Gasteiger partial charge in [-0.15, -0.1) is 0 Å². The zero-order valence-electron chi connectivity index (χ0n) is 15.9. The third-order valence-corrected chi connectivity index (χ3v) is 4.39. The minimum absolute atomic E-state index is 0.0579. The Morgan fingerprint density at radius 3 is 2.50 bits per heavy atom. The number of rotatable bonds is 6. The van der Waals surface area contributed by atoms with Crippen LogP contribution in [0.4, 0.5) is 30.4 Å². The van der Waals surface area contributed by atoms with Crippen molar-refractivity contribution in [2.75, 3.05) is 22.9 Å². The third-order valence-electron chi connectivity index (χ3n) is 4.39. The van der Waals surface area contributed by atoms with Gasteiger partial charge in [0, 0.05) is 28.9 Å². The van der Waals surface area contributed by atoms with Crippen LogP contribution in [0.5, 0.6) is 0 Å². The number of nitrogens with zero attached hydrogens (tertiary/aromatic N) is 2. The maximum Gasteiger partial charge on any atom is 0.266 e. The van der Waals surface area contributed by atoms with Gasteiger partial charge in [0.15, 0.2) is 0 Å². The molecule has 1 atom stereocenters. The van der Waals surface area contributed by atoms with Crippen LogP contribution in [0.25, 0.3) is 10.9 Å². The monoisotopic (exact) mass is 389 g/mol. The molecule has 0 aliphatic carbocycles. The lowest BCUT2D eigenvalue weighted by molar-refractivity contribution is 0.146. The molecule has 8 heteroatoms. The summed E-state index contributed by atoms with van der Waals surface area (Å²) in [6.07, 6.45) is -2.95. The molecule has 28 heavy (non-hydrogen) atoms. The number of nitrogens with two attached hydrogens (primary N) is 1. The van der Waals surface area contributed by atoms with Crippen molar-refractivity contribution >= 4 is 28.1 Å². The van der Waals surface area contributed by atoms with Crippen molar-refractivity contribution in [3.05, 3.63) is 53.1 Å². The fraction of sp³-hybridized carbons (Fsp3) is 0.300. The lowest BCUT2D eigenvalue weighted by Gasteiger charge is -2.19. The molecule has 0 aliphatic heterocycles. The number of hydrogen-bond acceptors (Lipinski definition) is 5. The Balaban J connectivity index is 2.04. The van der Waals surface area contributed by atoms with Crippen molar-refractivity contribution in [2.45, 2.75) is 33.2 Å². The van der Waals surface area contributed by atoms with Gasteiger partial charge in [0.25, 0.3) is 6.43 Å². The topological polar surface area (TPSA) is 75.9 Å². The highest BCUT2D eigenvalue weighted by Crippen LogP contribution is 2.32. The highest BCUT2D eigenvalue weighted by molar-refractivity contribution is 5.91. The molecule has 0 saturated heterocycles. The molecule has 0 radical (unpaired) electrons. The molecule has 0 amide bonds. The Bertz CT molecular complexity index is 1010. The maximum absolute atomic E-state index is 14.6. The van der Waals surface area contributed by atoms with E-state index in [1.54, 1.807) is 13.8 Å². The van der Waals surface area contributed by atoms with Gasteiger partial charge in [-0.05, 0) is 51.1 Å². The summed E-state index contributed by atoms with van der Waals surface area (Å²) in [6.45, 7) is 6.16. The standard InChI is InChI=1S/C20H22F3N5/c1-4-25-13-5-6-17-15(9-13)20(28-11(3)27-17)26-10(2)14-7-12(24)8-16(18(14)21)19(22)23/h5-10,19,25H,4,24H2,1-3H3,(H,26,27,28)/t10-/m1/s1. The second kappa shape index (κ2) is 7.92. The van der Waals surface area contributed by atoms with Crippen LogP contribution in [-0.4, -0.2) is 16.5 Å². The number of nitrogens with one attached hydrogen (secondary N) is 2. The summed E-state index contributed by atoms with van der Waals surface area (Å²) in [5.41, 5.74) is 6.76. The Morgan fingerprint density at radius 2 is 1.82 bits per heavy atom. The number of aromatic nitrogens is 2. The maximum atomic E-state index is 14.6. The normalized spacial score (nSPS) is 12.4. The fourth-order valence-corrected chi connectivity index (χ4v) is 3.12. The van der Waals surface area contributed by atoms with E-state index in [9.17, 15) is 13.2 Å². The minimum Gasteiger partial charge on any atom is -0.399 e. The summed E-state index contributed by atoms with van der Waals surface area (Å²) >= 11 is 0. The Hall–Kier alpha value is -3.03. The van der Waals surface area contributed by atoms with Crippen molar-refractivity contribution in [3.63, 3.8) is 0 Å². The van der Waals surface area contributed by atoms with Gasteiger partial charge in [0.1, 0.15) is 17.5 Å². The first-order chi connectivity index (χ1) is 13.3. The number of nitrogen functional groups attached to an aromatic ring is 1. The van der Waals surface area contributed by atoms with E-state index in [0.29, 0.717) is 11.6 Å². The predicted molar refractivity (Wildman–Crippen MR) is 106 cm³/mol. The summed E-state index contributed by atoms with van der Waals surface area (Å²) in [5.74, 6) is 0.0718. The summed E-state index contributed by atoms with van der Waals surface area (Å²) in [4.78, 5) is 8.84. The highest BCUT2D eigenvalue weighted by Gasteiger charge is 2.21. The molecule has 5 nitrogen and oxygen atoms in total. The number of benzene rings is 2. The smallest absolute Gasteiger partial charge is 0.266 e. The van der Waals surface area contributed by atoms with Crippen molar-refractivity contribution in [1.29, 1.82) is 0 Å². The minimum atomic E-state index is -2.95. The quantitative estimate of drug-likeness (QED) is 0.505. The number of hydrogen-bond donors (Lipinski definition) is 3. The van der Waals surface area contributed by atoms with Crippen molar-refractivity contribution < 1.29 is 13.2 Å². The molecule has 0 unspecified atom stereocenters. The first-order valence-corrected chi connectivity index (χ1v) is 8.96. The van der Waals surface area contributed by atoms with E-state index in [1.165, 1.54) is 6.07 Å². The van der Waals surface area contributed by atoms with Crippen LogP contribution < -0.4 is 16.4 Å². The number of aryl methyl sites for hydroxylation is 1. The van der Waals surface area contributed by atoms with Crippen molar-refractivity contribution in [1.82, 2.24) is 9.97 Å². The van der Waals surface area contributed by atoms with Gasteiger partial charge < -0.3 is 16.4 Å². The van der Waals surface area contributed by atoms with Crippen LogP contribution in [0, 0.1) is 12.7 Å². The van der Waals surface area contributed by atoms with Crippen LogP contribution in [-0.2, 0) is 0 Å². The molecule has 3 aromatic rings. The number of anilines is 3. The molecule has 2 aromatic carbocycles. The van der Waals surface area contributed by atoms with Crippen molar-refractivity contribution in [3.8, 4) is 0 Å². The molecule has 3 rings (SSSR count). The lowest BCUT2D eigenvalue weighted by Crippen LogP contribution is -2.13. The third kappa shape index (κ3) is 3.95. The molecule has 0 bridgehead atoms. The fourth-order valence-electron chi connectivity index (χ4n) is 3.12. The van der Waals surface area contributed by atoms with E-state index in [1.807, 2.05) is 25.1 Å². The van der Waals surface area contributed by atoms with Gasteiger partial charge >= 0.3 is 0 Å². The molecule has 4 N–H and O–H groups in total. The average molecular weight is 389 g/mol. The molecule has 0 fully saturated rings. The second-order valence-electron chi connectivity index (χ2n) is 6.56. The molecule has 148 valence electrons. The van der Waals surface area contributed by atoms with E-state index < -0.39 is 23.8 Å². The summed E-state index contributed by atoms with van der Waals surface area (Å²) < 4.78 is 40.8. The Labute approximate surface area is 161 Å². The Kier molecular flexibility index (Phi) is 5.58. The zero-order chi connectivity index (χ0) is 20.4. The first kappa shape index (κ1) is 19.7. The first-order valence-electron chi connectivity index (χ1n) is 8.96. The predicted octanol–water partition coefficient (Wildman–Crippen LogP) is 5.20. The van der Waals surface area contributed by atoms with Gasteiger partial charge in [-0.2, -0.15) is 0 Å². The van der Waals surface area contributed by atoms with E-state index in [2.05, 4.69) is 20.6 Å².